The third-order valence-corrected chi connectivity index (χ3v) is 4.15. The Hall–Kier alpha value is -2.70. The maximum absolute atomic E-state index is 12.8. The summed E-state index contributed by atoms with van der Waals surface area (Å²) in [6.45, 7) is 8.36. The zero-order chi connectivity index (χ0) is 18.2. The number of rotatable bonds is 2. The smallest absolute Gasteiger partial charge is 0.322 e. The molecule has 25 heavy (non-hydrogen) atoms. The van der Waals surface area contributed by atoms with Crippen LogP contribution in [0.5, 0.6) is 11.5 Å². The number of hydrogen-bond acceptors (Lipinski definition) is 5. The van der Waals surface area contributed by atoms with Crippen LogP contribution in [0.3, 0.4) is 0 Å². The molecule has 2 heterocycles. The van der Waals surface area contributed by atoms with Crippen LogP contribution in [-0.4, -0.2) is 35.3 Å². The lowest BCUT2D eigenvalue weighted by atomic mass is 10.1. The average Bonchev–Trinajstić information content (AvgIpc) is 2.79. The van der Waals surface area contributed by atoms with Crippen LogP contribution in [0, 0.1) is 13.8 Å². The predicted molar refractivity (Wildman–Crippen MR) is 93.1 cm³/mol. The molecule has 0 fully saturated rings. The standard InChI is InChI=1S/C18H23N3O4/c1-11-16(12(2)25-20-11)19-17(22)21-9-13-6-7-14(23-5)8-15(13)24-18(3,4)10-21/h6-8H,9-10H2,1-5H3,(H,19,22). The molecule has 2 aromatic rings. The second-order valence-corrected chi connectivity index (χ2v) is 6.82. The van der Waals surface area contributed by atoms with Crippen molar-refractivity contribution in [1.82, 2.24) is 10.1 Å². The Kier molecular flexibility index (Phi) is 4.32. The van der Waals surface area contributed by atoms with Crippen molar-refractivity contribution in [3.05, 3.63) is 35.2 Å². The van der Waals surface area contributed by atoms with Crippen LogP contribution in [0.1, 0.15) is 30.9 Å². The van der Waals surface area contributed by atoms with Crippen LogP contribution in [0.2, 0.25) is 0 Å². The van der Waals surface area contributed by atoms with Crippen molar-refractivity contribution in [3.63, 3.8) is 0 Å². The first-order chi connectivity index (χ1) is 11.8. The predicted octanol–water partition coefficient (Wildman–Crippen LogP) is 3.51. The van der Waals surface area contributed by atoms with E-state index in [2.05, 4.69) is 10.5 Å². The fraction of sp³-hybridized carbons (Fsp3) is 0.444. The number of benzene rings is 1. The van der Waals surface area contributed by atoms with Gasteiger partial charge in [-0.05, 0) is 39.8 Å². The van der Waals surface area contributed by atoms with Gasteiger partial charge < -0.3 is 24.2 Å². The molecule has 0 spiro atoms. The van der Waals surface area contributed by atoms with Gasteiger partial charge in [-0.1, -0.05) is 5.16 Å². The van der Waals surface area contributed by atoms with Crippen LogP contribution in [-0.2, 0) is 6.54 Å². The Bertz CT molecular complexity index is 778. The van der Waals surface area contributed by atoms with Crippen molar-refractivity contribution in [1.29, 1.82) is 0 Å². The molecule has 0 radical (unpaired) electrons. The van der Waals surface area contributed by atoms with Crippen LogP contribution in [0.15, 0.2) is 22.7 Å². The summed E-state index contributed by atoms with van der Waals surface area (Å²) in [6, 6.07) is 5.43. The highest BCUT2D eigenvalue weighted by Gasteiger charge is 2.32. The van der Waals surface area contributed by atoms with Crippen molar-refractivity contribution in [3.8, 4) is 11.5 Å². The summed E-state index contributed by atoms with van der Waals surface area (Å²) < 4.78 is 16.5. The molecule has 3 rings (SSSR count). The third kappa shape index (κ3) is 3.55. The Morgan fingerprint density at radius 3 is 2.76 bits per heavy atom. The van der Waals surface area contributed by atoms with Gasteiger partial charge in [0.05, 0.1) is 20.2 Å². The SMILES string of the molecule is COc1ccc2c(c1)OC(C)(C)CN(C(=O)Nc1c(C)noc1C)C2. The monoisotopic (exact) mass is 345 g/mol. The van der Waals surface area contributed by atoms with Gasteiger partial charge in [0.15, 0.2) is 5.76 Å². The number of aromatic nitrogens is 1. The molecule has 134 valence electrons. The molecule has 1 aliphatic rings. The molecule has 7 heteroatoms. The molecule has 0 atom stereocenters. The van der Waals surface area contributed by atoms with Crippen LogP contribution >= 0.6 is 0 Å². The highest BCUT2D eigenvalue weighted by atomic mass is 16.5. The van der Waals surface area contributed by atoms with E-state index >= 15 is 0 Å². The second kappa shape index (κ2) is 6.31. The summed E-state index contributed by atoms with van der Waals surface area (Å²) in [5.41, 5.74) is 1.66. The lowest BCUT2D eigenvalue weighted by Gasteiger charge is -2.29. The van der Waals surface area contributed by atoms with Crippen molar-refractivity contribution >= 4 is 11.7 Å². The van der Waals surface area contributed by atoms with Crippen LogP contribution in [0.4, 0.5) is 10.5 Å². The Morgan fingerprint density at radius 2 is 2.12 bits per heavy atom. The number of nitrogens with zero attached hydrogens (tertiary/aromatic N) is 2. The molecule has 2 amide bonds. The molecule has 0 saturated heterocycles. The van der Waals surface area contributed by atoms with E-state index in [0.717, 1.165) is 17.1 Å². The minimum Gasteiger partial charge on any atom is -0.497 e. The topological polar surface area (TPSA) is 76.8 Å². The van der Waals surface area contributed by atoms with Gasteiger partial charge in [0.1, 0.15) is 28.5 Å². The zero-order valence-corrected chi connectivity index (χ0v) is 15.2. The molecule has 1 aromatic heterocycles. The maximum atomic E-state index is 12.8. The fourth-order valence-electron chi connectivity index (χ4n) is 2.93. The van der Waals surface area contributed by atoms with Crippen molar-refractivity contribution in [2.45, 2.75) is 39.8 Å². The van der Waals surface area contributed by atoms with Gasteiger partial charge in [0, 0.05) is 11.6 Å². The number of aryl methyl sites for hydroxylation is 2. The normalized spacial score (nSPS) is 15.8. The van der Waals surface area contributed by atoms with Crippen molar-refractivity contribution < 1.29 is 18.8 Å². The molecule has 1 aromatic carbocycles. The van der Waals surface area contributed by atoms with Crippen molar-refractivity contribution in [2.24, 2.45) is 0 Å². The lowest BCUT2D eigenvalue weighted by Crippen LogP contribution is -2.44. The van der Waals surface area contributed by atoms with Gasteiger partial charge in [0.2, 0.25) is 0 Å². The summed E-state index contributed by atoms with van der Waals surface area (Å²) in [5.74, 6) is 2.04. The fourth-order valence-corrected chi connectivity index (χ4v) is 2.93. The largest absolute Gasteiger partial charge is 0.497 e. The maximum Gasteiger partial charge on any atom is 0.322 e. The number of carbonyl (C=O) groups is 1. The first-order valence-electron chi connectivity index (χ1n) is 8.14. The lowest BCUT2D eigenvalue weighted by molar-refractivity contribution is 0.0833. The van der Waals surface area contributed by atoms with E-state index in [4.69, 9.17) is 14.0 Å². The van der Waals surface area contributed by atoms with Gasteiger partial charge in [0.25, 0.3) is 0 Å². The Balaban J connectivity index is 1.87. The molecule has 0 saturated carbocycles. The van der Waals surface area contributed by atoms with Gasteiger partial charge in [-0.3, -0.25) is 0 Å². The minimum absolute atomic E-state index is 0.213. The molecule has 7 nitrogen and oxygen atoms in total. The number of ether oxygens (including phenoxy) is 2. The molecule has 0 bridgehead atoms. The average molecular weight is 345 g/mol. The molecule has 0 aliphatic carbocycles. The highest BCUT2D eigenvalue weighted by molar-refractivity contribution is 5.90. The van der Waals surface area contributed by atoms with E-state index in [-0.39, 0.29) is 6.03 Å². The van der Waals surface area contributed by atoms with Gasteiger partial charge in [-0.15, -0.1) is 0 Å². The van der Waals surface area contributed by atoms with E-state index in [1.165, 1.54) is 0 Å². The van der Waals surface area contributed by atoms with E-state index in [1.807, 2.05) is 32.0 Å². The third-order valence-electron chi connectivity index (χ3n) is 4.15. The highest BCUT2D eigenvalue weighted by Crippen LogP contribution is 2.33. The Morgan fingerprint density at radius 1 is 1.36 bits per heavy atom. The van der Waals surface area contributed by atoms with E-state index in [9.17, 15) is 4.79 Å². The summed E-state index contributed by atoms with van der Waals surface area (Å²) in [5, 5.41) is 6.77. The first kappa shape index (κ1) is 17.1. The van der Waals surface area contributed by atoms with Gasteiger partial charge in [-0.25, -0.2) is 4.79 Å². The molecular weight excluding hydrogens is 322 g/mol. The number of urea groups is 1. The number of anilines is 1. The number of fused-ring (bicyclic) bond motifs is 1. The molecule has 1 N–H and O–H groups in total. The van der Waals surface area contributed by atoms with E-state index < -0.39 is 5.60 Å². The summed E-state index contributed by atoms with van der Waals surface area (Å²) in [6.07, 6.45) is 0. The number of nitrogens with one attached hydrogen (secondary N) is 1. The minimum atomic E-state index is -0.534. The Labute approximate surface area is 146 Å². The summed E-state index contributed by atoms with van der Waals surface area (Å²) in [4.78, 5) is 14.5. The number of methoxy groups -OCH3 is 1. The molecule has 1 aliphatic heterocycles. The van der Waals surface area contributed by atoms with Crippen LogP contribution < -0.4 is 14.8 Å². The van der Waals surface area contributed by atoms with E-state index in [0.29, 0.717) is 30.2 Å². The van der Waals surface area contributed by atoms with Gasteiger partial charge in [-0.2, -0.15) is 0 Å². The van der Waals surface area contributed by atoms with Gasteiger partial charge >= 0.3 is 6.03 Å². The number of amides is 2. The summed E-state index contributed by atoms with van der Waals surface area (Å²) in [7, 11) is 1.62. The zero-order valence-electron chi connectivity index (χ0n) is 15.2. The molecule has 0 unspecified atom stereocenters. The molecular formula is C18H23N3O4. The summed E-state index contributed by atoms with van der Waals surface area (Å²) >= 11 is 0. The van der Waals surface area contributed by atoms with E-state index in [1.54, 1.807) is 25.9 Å². The number of carbonyl (C=O) groups excluding carboxylic acids is 1. The second-order valence-electron chi connectivity index (χ2n) is 6.82. The number of hydrogen-bond donors (Lipinski definition) is 1. The van der Waals surface area contributed by atoms with Crippen LogP contribution in [0.25, 0.3) is 0 Å². The quantitative estimate of drug-likeness (QED) is 0.901. The van der Waals surface area contributed by atoms with Crippen molar-refractivity contribution in [2.75, 3.05) is 19.0 Å². The first-order valence-corrected chi connectivity index (χ1v) is 8.14.